The number of aromatic nitrogens is 1. The van der Waals surface area contributed by atoms with Crippen LogP contribution in [0.4, 0.5) is 0 Å². The fraction of sp³-hybridized carbons (Fsp3) is 0.200. The molecule has 2 rings (SSSR count). The van der Waals surface area contributed by atoms with E-state index in [4.69, 9.17) is 4.84 Å². The number of nitrogens with zero attached hydrogens (tertiary/aromatic N) is 2. The summed E-state index contributed by atoms with van der Waals surface area (Å²) in [6, 6.07) is 9.91. The first-order valence-corrected chi connectivity index (χ1v) is 5.96. The lowest BCUT2D eigenvalue weighted by atomic mass is 10.0. The van der Waals surface area contributed by atoms with Crippen molar-refractivity contribution in [2.45, 2.75) is 6.92 Å². The molecule has 0 bridgehead atoms. The van der Waals surface area contributed by atoms with E-state index < -0.39 is 0 Å². The van der Waals surface area contributed by atoms with Gasteiger partial charge in [-0.2, -0.15) is 0 Å². The van der Waals surface area contributed by atoms with E-state index in [1.54, 1.807) is 13.2 Å². The summed E-state index contributed by atoms with van der Waals surface area (Å²) in [5.74, 6) is -0.219. The predicted octanol–water partition coefficient (Wildman–Crippen LogP) is 2.69. The molecule has 1 aromatic heterocycles. The van der Waals surface area contributed by atoms with Crippen LogP contribution < -0.4 is 0 Å². The van der Waals surface area contributed by atoms with Gasteiger partial charge in [-0.3, -0.25) is 14.6 Å². The molecule has 0 spiro atoms. The van der Waals surface area contributed by atoms with E-state index >= 15 is 0 Å². The van der Waals surface area contributed by atoms with E-state index in [9.17, 15) is 4.79 Å². The van der Waals surface area contributed by atoms with Gasteiger partial charge in [0.15, 0.2) is 0 Å². The smallest absolute Gasteiger partial charge is 0.274 e. The quantitative estimate of drug-likeness (QED) is 0.793. The normalized spacial score (nSPS) is 10.3. The summed E-state index contributed by atoms with van der Waals surface area (Å²) in [4.78, 5) is 21.0. The molecule has 4 heteroatoms. The molecular weight excluding hydrogens is 240 g/mol. The van der Waals surface area contributed by atoms with Crippen LogP contribution in [0.1, 0.15) is 15.9 Å². The van der Waals surface area contributed by atoms with Crippen LogP contribution in [0.2, 0.25) is 0 Å². The summed E-state index contributed by atoms with van der Waals surface area (Å²) in [6.07, 6.45) is 3.28. The Hall–Kier alpha value is -2.20. The van der Waals surface area contributed by atoms with E-state index in [0.29, 0.717) is 5.56 Å². The number of hydroxylamine groups is 2. The Morgan fingerprint density at radius 3 is 2.47 bits per heavy atom. The standard InChI is InChI=1S/C15H16N2O2/c1-11-4-6-12(7-5-11)13-8-14(10-16-9-13)15(18)17(2)19-3/h4-10H,1-3H3. The summed E-state index contributed by atoms with van der Waals surface area (Å²) in [5.41, 5.74) is 3.65. The van der Waals surface area contributed by atoms with Gasteiger partial charge in [0.25, 0.3) is 5.91 Å². The molecule has 0 aliphatic rings. The summed E-state index contributed by atoms with van der Waals surface area (Å²) in [5, 5.41) is 1.18. The van der Waals surface area contributed by atoms with E-state index in [-0.39, 0.29) is 5.91 Å². The predicted molar refractivity (Wildman–Crippen MR) is 73.5 cm³/mol. The second-order valence-electron chi connectivity index (χ2n) is 4.31. The minimum atomic E-state index is -0.219. The molecule has 0 unspecified atom stereocenters. The van der Waals surface area contributed by atoms with Gasteiger partial charge in [-0.15, -0.1) is 0 Å². The molecule has 19 heavy (non-hydrogen) atoms. The third-order valence-corrected chi connectivity index (χ3v) is 2.93. The number of aryl methyl sites for hydroxylation is 1. The molecule has 0 saturated heterocycles. The second kappa shape index (κ2) is 5.63. The molecule has 98 valence electrons. The third kappa shape index (κ3) is 2.98. The zero-order chi connectivity index (χ0) is 13.8. The summed E-state index contributed by atoms with van der Waals surface area (Å²) in [6.45, 7) is 2.04. The number of pyridine rings is 1. The molecule has 0 aliphatic heterocycles. The minimum Gasteiger partial charge on any atom is -0.274 e. The molecule has 1 amide bonds. The first-order chi connectivity index (χ1) is 9.11. The van der Waals surface area contributed by atoms with E-state index in [1.807, 2.05) is 37.3 Å². The molecule has 1 aromatic carbocycles. The highest BCUT2D eigenvalue weighted by Gasteiger charge is 2.12. The maximum Gasteiger partial charge on any atom is 0.278 e. The van der Waals surface area contributed by atoms with Crippen LogP contribution in [-0.2, 0) is 4.84 Å². The van der Waals surface area contributed by atoms with Crippen LogP contribution in [0.3, 0.4) is 0 Å². The lowest BCUT2D eigenvalue weighted by Crippen LogP contribution is -2.25. The minimum absolute atomic E-state index is 0.219. The second-order valence-corrected chi connectivity index (χ2v) is 4.31. The van der Waals surface area contributed by atoms with Crippen LogP contribution in [-0.4, -0.2) is 30.1 Å². The molecule has 0 saturated carbocycles. The first kappa shape index (κ1) is 13.2. The van der Waals surface area contributed by atoms with Crippen LogP contribution >= 0.6 is 0 Å². The molecule has 0 atom stereocenters. The highest BCUT2D eigenvalue weighted by molar-refractivity contribution is 5.94. The molecule has 0 fully saturated rings. The van der Waals surface area contributed by atoms with Gasteiger partial charge >= 0.3 is 0 Å². The molecule has 0 radical (unpaired) electrons. The number of carbonyl (C=O) groups excluding carboxylic acids is 1. The molecule has 0 aliphatic carbocycles. The molecule has 2 aromatic rings. The maximum atomic E-state index is 12.0. The van der Waals surface area contributed by atoms with Gasteiger partial charge < -0.3 is 0 Å². The van der Waals surface area contributed by atoms with Gasteiger partial charge in [0.05, 0.1) is 12.7 Å². The lowest BCUT2D eigenvalue weighted by molar-refractivity contribution is -0.0757. The van der Waals surface area contributed by atoms with E-state index in [1.165, 1.54) is 23.9 Å². The number of amides is 1. The highest BCUT2D eigenvalue weighted by Crippen LogP contribution is 2.20. The van der Waals surface area contributed by atoms with Crippen LogP contribution in [0.15, 0.2) is 42.7 Å². The summed E-state index contributed by atoms with van der Waals surface area (Å²) in [7, 11) is 3.02. The van der Waals surface area contributed by atoms with Gasteiger partial charge in [0, 0.05) is 25.0 Å². The number of carbonyl (C=O) groups is 1. The summed E-state index contributed by atoms with van der Waals surface area (Å²) < 4.78 is 0. The number of benzene rings is 1. The van der Waals surface area contributed by atoms with Crippen molar-refractivity contribution in [3.05, 3.63) is 53.9 Å². The Bertz CT molecular complexity index is 579. The third-order valence-electron chi connectivity index (χ3n) is 2.93. The van der Waals surface area contributed by atoms with Crippen molar-refractivity contribution < 1.29 is 9.63 Å². The van der Waals surface area contributed by atoms with Crippen molar-refractivity contribution in [3.8, 4) is 11.1 Å². The fourth-order valence-corrected chi connectivity index (χ4v) is 1.73. The average molecular weight is 256 g/mol. The molecular formula is C15H16N2O2. The Morgan fingerprint density at radius 1 is 1.16 bits per heavy atom. The topological polar surface area (TPSA) is 42.4 Å². The van der Waals surface area contributed by atoms with Crippen LogP contribution in [0.25, 0.3) is 11.1 Å². The van der Waals surface area contributed by atoms with Gasteiger partial charge in [-0.25, -0.2) is 5.06 Å². The van der Waals surface area contributed by atoms with E-state index in [2.05, 4.69) is 4.98 Å². The number of hydrogen-bond acceptors (Lipinski definition) is 3. The number of rotatable bonds is 3. The van der Waals surface area contributed by atoms with Crippen LogP contribution in [0.5, 0.6) is 0 Å². The van der Waals surface area contributed by atoms with Crippen molar-refractivity contribution in [1.29, 1.82) is 0 Å². The molecule has 0 N–H and O–H groups in total. The Balaban J connectivity index is 2.34. The van der Waals surface area contributed by atoms with Gasteiger partial charge in [-0.1, -0.05) is 29.8 Å². The zero-order valence-electron chi connectivity index (χ0n) is 11.3. The largest absolute Gasteiger partial charge is 0.278 e. The van der Waals surface area contributed by atoms with E-state index in [0.717, 1.165) is 11.1 Å². The Kier molecular flexibility index (Phi) is 3.92. The van der Waals surface area contributed by atoms with Gasteiger partial charge in [0.1, 0.15) is 0 Å². The SMILES string of the molecule is CON(C)C(=O)c1cncc(-c2ccc(C)cc2)c1. The zero-order valence-corrected chi connectivity index (χ0v) is 11.3. The van der Waals surface area contributed by atoms with Crippen molar-refractivity contribution >= 4 is 5.91 Å². The van der Waals surface area contributed by atoms with Gasteiger partial charge in [-0.05, 0) is 18.6 Å². The van der Waals surface area contributed by atoms with Gasteiger partial charge in [0.2, 0.25) is 0 Å². The van der Waals surface area contributed by atoms with Crippen molar-refractivity contribution in [2.75, 3.05) is 14.2 Å². The molecule has 4 nitrogen and oxygen atoms in total. The van der Waals surface area contributed by atoms with Crippen molar-refractivity contribution in [2.24, 2.45) is 0 Å². The van der Waals surface area contributed by atoms with Crippen molar-refractivity contribution in [1.82, 2.24) is 10.0 Å². The highest BCUT2D eigenvalue weighted by atomic mass is 16.7. The van der Waals surface area contributed by atoms with Crippen molar-refractivity contribution in [3.63, 3.8) is 0 Å². The first-order valence-electron chi connectivity index (χ1n) is 5.96. The molecule has 1 heterocycles. The lowest BCUT2D eigenvalue weighted by Gasteiger charge is -2.13. The average Bonchev–Trinajstić information content (AvgIpc) is 2.46. The summed E-state index contributed by atoms with van der Waals surface area (Å²) >= 11 is 0. The fourth-order valence-electron chi connectivity index (χ4n) is 1.73. The monoisotopic (exact) mass is 256 g/mol. The Labute approximate surface area is 112 Å². The Morgan fingerprint density at radius 2 is 1.84 bits per heavy atom. The maximum absolute atomic E-state index is 12.0. The number of hydrogen-bond donors (Lipinski definition) is 0. The van der Waals surface area contributed by atoms with Crippen LogP contribution in [0, 0.1) is 6.92 Å².